The van der Waals surface area contributed by atoms with Gasteiger partial charge >= 0.3 is 5.97 Å². The Labute approximate surface area is 127 Å². The fraction of sp³-hybridized carbons (Fsp3) is 0.200. The number of nitrogens with zero attached hydrogens (tertiary/aromatic N) is 2. The molecule has 0 spiro atoms. The van der Waals surface area contributed by atoms with Crippen LogP contribution in [0.2, 0.25) is 0 Å². The van der Waals surface area contributed by atoms with Crippen LogP contribution in [0.5, 0.6) is 0 Å². The molecule has 1 aromatic heterocycles. The molecule has 1 amide bonds. The summed E-state index contributed by atoms with van der Waals surface area (Å²) in [4.78, 5) is 22.7. The number of aromatic nitrogens is 2. The third kappa shape index (κ3) is 4.27. The highest BCUT2D eigenvalue weighted by Crippen LogP contribution is 2.07. The largest absolute Gasteiger partial charge is 0.481 e. The first-order valence-corrected chi connectivity index (χ1v) is 6.72. The van der Waals surface area contributed by atoms with Crippen LogP contribution in [0.4, 0.5) is 0 Å². The summed E-state index contributed by atoms with van der Waals surface area (Å²) in [6, 6.07) is 10.7. The smallest absolute Gasteiger partial charge is 0.303 e. The lowest BCUT2D eigenvalue weighted by molar-refractivity contribution is -0.136. The molecule has 3 N–H and O–H groups in total. The fourth-order valence-corrected chi connectivity index (χ4v) is 1.83. The average Bonchev–Trinajstić information content (AvgIpc) is 2.94. The van der Waals surface area contributed by atoms with Crippen LogP contribution in [0.25, 0.3) is 0 Å². The quantitative estimate of drug-likeness (QED) is 0.557. The van der Waals surface area contributed by atoms with Crippen LogP contribution >= 0.6 is 0 Å². The van der Waals surface area contributed by atoms with Gasteiger partial charge in [-0.25, -0.2) is 5.43 Å². The van der Waals surface area contributed by atoms with Crippen molar-refractivity contribution in [3.05, 3.63) is 53.3 Å². The minimum atomic E-state index is -0.919. The molecular weight excluding hydrogens is 284 g/mol. The van der Waals surface area contributed by atoms with Crippen molar-refractivity contribution in [2.75, 3.05) is 0 Å². The molecule has 2 aromatic rings. The Bertz CT molecular complexity index is 692. The summed E-state index contributed by atoms with van der Waals surface area (Å²) in [6.07, 6.45) is 0.157. The summed E-state index contributed by atoms with van der Waals surface area (Å²) in [5.41, 5.74) is 4.67. The number of aliphatic carboxylic acids is 1. The number of carbonyl (C=O) groups excluding carboxylic acids is 1. The summed E-state index contributed by atoms with van der Waals surface area (Å²) < 4.78 is 0. The molecule has 0 atom stereocenters. The van der Waals surface area contributed by atoms with Crippen LogP contribution in [-0.2, 0) is 4.79 Å². The van der Waals surface area contributed by atoms with E-state index < -0.39 is 11.9 Å². The standard InChI is InChI=1S/C15H16N4O3/c1-10-9-13(18-16-10)15(22)19-17-12(7-8-14(20)21)11-5-3-2-4-6-11/h2-6,9H,7-8H2,1H3,(H,16,18)(H,19,22)(H,20,21)/b17-12-. The maximum Gasteiger partial charge on any atom is 0.303 e. The first kappa shape index (κ1) is 15.4. The van der Waals surface area contributed by atoms with Gasteiger partial charge in [-0.05, 0) is 18.6 Å². The number of hydrazone groups is 1. The second-order valence-corrected chi connectivity index (χ2v) is 4.70. The number of hydrogen-bond donors (Lipinski definition) is 3. The second-order valence-electron chi connectivity index (χ2n) is 4.70. The van der Waals surface area contributed by atoms with E-state index >= 15 is 0 Å². The number of aryl methyl sites for hydroxylation is 1. The number of hydrogen-bond acceptors (Lipinski definition) is 4. The van der Waals surface area contributed by atoms with E-state index in [1.807, 2.05) is 30.3 Å². The van der Waals surface area contributed by atoms with Crippen molar-refractivity contribution in [3.63, 3.8) is 0 Å². The average molecular weight is 300 g/mol. The van der Waals surface area contributed by atoms with Gasteiger partial charge in [0.15, 0.2) is 5.69 Å². The number of carboxylic acid groups (broad SMARTS) is 1. The molecule has 7 nitrogen and oxygen atoms in total. The van der Waals surface area contributed by atoms with E-state index in [-0.39, 0.29) is 18.5 Å². The monoisotopic (exact) mass is 300 g/mol. The number of carbonyl (C=O) groups is 2. The number of amides is 1. The highest BCUT2D eigenvalue weighted by molar-refractivity contribution is 6.02. The minimum absolute atomic E-state index is 0.0644. The van der Waals surface area contributed by atoms with Gasteiger partial charge in [0.1, 0.15) is 0 Å². The molecule has 0 aliphatic carbocycles. The summed E-state index contributed by atoms with van der Waals surface area (Å²) in [5.74, 6) is -1.37. The number of aromatic amines is 1. The zero-order valence-corrected chi connectivity index (χ0v) is 12.0. The highest BCUT2D eigenvalue weighted by atomic mass is 16.4. The third-order valence-corrected chi connectivity index (χ3v) is 2.91. The molecule has 0 unspecified atom stereocenters. The number of rotatable bonds is 6. The van der Waals surface area contributed by atoms with Gasteiger partial charge in [0.2, 0.25) is 0 Å². The molecule has 0 radical (unpaired) electrons. The Hall–Kier alpha value is -2.96. The van der Waals surface area contributed by atoms with Crippen molar-refractivity contribution in [2.45, 2.75) is 19.8 Å². The third-order valence-electron chi connectivity index (χ3n) is 2.91. The van der Waals surface area contributed by atoms with Gasteiger partial charge in [-0.3, -0.25) is 14.7 Å². The van der Waals surface area contributed by atoms with Crippen LogP contribution < -0.4 is 5.43 Å². The normalized spacial score (nSPS) is 11.2. The van der Waals surface area contributed by atoms with Crippen LogP contribution in [0, 0.1) is 6.92 Å². The molecule has 1 heterocycles. The maximum absolute atomic E-state index is 11.9. The number of nitrogens with one attached hydrogen (secondary N) is 2. The lowest BCUT2D eigenvalue weighted by Gasteiger charge is -2.05. The van der Waals surface area contributed by atoms with Crippen LogP contribution in [0.15, 0.2) is 41.5 Å². The van der Waals surface area contributed by atoms with E-state index in [0.717, 1.165) is 11.3 Å². The minimum Gasteiger partial charge on any atom is -0.481 e. The van der Waals surface area contributed by atoms with Crippen molar-refractivity contribution < 1.29 is 14.7 Å². The van der Waals surface area contributed by atoms with Gasteiger partial charge in [-0.2, -0.15) is 10.2 Å². The van der Waals surface area contributed by atoms with E-state index in [9.17, 15) is 9.59 Å². The molecule has 2 rings (SSSR count). The number of H-pyrrole nitrogens is 1. The van der Waals surface area contributed by atoms with Gasteiger partial charge in [0, 0.05) is 12.1 Å². The first-order valence-electron chi connectivity index (χ1n) is 6.72. The molecule has 1 aromatic carbocycles. The molecule has 0 aliphatic rings. The van der Waals surface area contributed by atoms with Crippen molar-refractivity contribution in [1.82, 2.24) is 15.6 Å². The zero-order valence-electron chi connectivity index (χ0n) is 12.0. The van der Waals surface area contributed by atoms with Crippen molar-refractivity contribution in [1.29, 1.82) is 0 Å². The molecule has 22 heavy (non-hydrogen) atoms. The molecule has 7 heteroatoms. The Balaban J connectivity index is 2.13. The molecule has 0 fully saturated rings. The lowest BCUT2D eigenvalue weighted by atomic mass is 10.1. The fourth-order valence-electron chi connectivity index (χ4n) is 1.83. The van der Waals surface area contributed by atoms with Gasteiger partial charge in [-0.15, -0.1) is 0 Å². The van der Waals surface area contributed by atoms with E-state index in [0.29, 0.717) is 5.71 Å². The van der Waals surface area contributed by atoms with E-state index in [1.165, 1.54) is 0 Å². The maximum atomic E-state index is 11.9. The Morgan fingerprint density at radius 1 is 1.27 bits per heavy atom. The van der Waals surface area contributed by atoms with Crippen LogP contribution in [-0.4, -0.2) is 32.9 Å². The molecular formula is C15H16N4O3. The van der Waals surface area contributed by atoms with Gasteiger partial charge in [-0.1, -0.05) is 30.3 Å². The van der Waals surface area contributed by atoms with Crippen LogP contribution in [0.1, 0.15) is 34.6 Å². The Morgan fingerprint density at radius 3 is 2.59 bits per heavy atom. The predicted octanol–water partition coefficient (Wildman–Crippen LogP) is 1.72. The Morgan fingerprint density at radius 2 is 2.00 bits per heavy atom. The van der Waals surface area contributed by atoms with Crippen LogP contribution in [0.3, 0.4) is 0 Å². The van der Waals surface area contributed by atoms with Crippen molar-refractivity contribution >= 4 is 17.6 Å². The van der Waals surface area contributed by atoms with Gasteiger partial charge < -0.3 is 5.11 Å². The molecule has 0 saturated carbocycles. The molecule has 0 aliphatic heterocycles. The molecule has 0 bridgehead atoms. The summed E-state index contributed by atoms with van der Waals surface area (Å²) in [7, 11) is 0. The number of carboxylic acids is 1. The predicted molar refractivity (Wildman–Crippen MR) is 80.6 cm³/mol. The second kappa shape index (κ2) is 7.16. The summed E-state index contributed by atoms with van der Waals surface area (Å²) in [5, 5.41) is 19.4. The van der Waals surface area contributed by atoms with Gasteiger partial charge in [0.05, 0.1) is 12.1 Å². The number of benzene rings is 1. The Kier molecular flexibility index (Phi) is 5.02. The lowest BCUT2D eigenvalue weighted by Crippen LogP contribution is -2.21. The summed E-state index contributed by atoms with van der Waals surface area (Å²) in [6.45, 7) is 1.79. The molecule has 114 valence electrons. The summed E-state index contributed by atoms with van der Waals surface area (Å²) >= 11 is 0. The van der Waals surface area contributed by atoms with Crippen molar-refractivity contribution in [2.24, 2.45) is 5.10 Å². The first-order chi connectivity index (χ1) is 10.6. The topological polar surface area (TPSA) is 107 Å². The highest BCUT2D eigenvalue weighted by Gasteiger charge is 2.11. The SMILES string of the molecule is Cc1cc(C(=O)N/N=C(/CCC(=O)O)c2ccccc2)n[nH]1. The zero-order chi connectivity index (χ0) is 15.9. The van der Waals surface area contributed by atoms with E-state index in [1.54, 1.807) is 13.0 Å². The molecule has 0 saturated heterocycles. The van der Waals surface area contributed by atoms with Crippen molar-refractivity contribution in [3.8, 4) is 0 Å². The van der Waals surface area contributed by atoms with Gasteiger partial charge in [0.25, 0.3) is 5.91 Å². The van der Waals surface area contributed by atoms with E-state index in [4.69, 9.17) is 5.11 Å². The van der Waals surface area contributed by atoms with E-state index in [2.05, 4.69) is 20.7 Å².